The van der Waals surface area contributed by atoms with E-state index >= 15 is 0 Å². The number of aliphatic hydroxyl groups excluding tert-OH is 2. The highest BCUT2D eigenvalue weighted by Gasteiger charge is 2.16. The molecule has 0 aromatic heterocycles. The van der Waals surface area contributed by atoms with Crippen molar-refractivity contribution in [1.29, 1.82) is 0 Å². The molecule has 0 aliphatic rings. The van der Waals surface area contributed by atoms with Crippen LogP contribution in [0.1, 0.15) is 6.42 Å². The zero-order chi connectivity index (χ0) is 19.6. The molecule has 0 fully saturated rings. The average molecular weight is 374 g/mol. The summed E-state index contributed by atoms with van der Waals surface area (Å²) in [6.45, 7) is -0.215. The molecular formula is C18H22N4O5. The standard InChI is InChI=1S/C18H22N4O5/c23-11-15(12-24)19-9-8-18(25)21-14-6-7-16(17(10-14)22(26)27)20-13-4-2-1-3-5-13/h1-7,10,15,19-20,23-24H,8-9,11-12H2,(H,21,25). The average Bonchev–Trinajstić information content (AvgIpc) is 2.67. The SMILES string of the molecule is O=C(CCNC(CO)CO)Nc1ccc(Nc2ccccc2)c([N+](=O)[O-])c1. The summed E-state index contributed by atoms with van der Waals surface area (Å²) < 4.78 is 0. The predicted octanol–water partition coefficient (Wildman–Crippen LogP) is 1.61. The first-order valence-corrected chi connectivity index (χ1v) is 8.39. The van der Waals surface area contributed by atoms with Crippen LogP contribution in [-0.4, -0.2) is 46.8 Å². The minimum absolute atomic E-state index is 0.0916. The molecule has 0 aliphatic heterocycles. The largest absolute Gasteiger partial charge is 0.395 e. The molecule has 0 saturated heterocycles. The Balaban J connectivity index is 2.00. The molecule has 0 atom stereocenters. The Kier molecular flexibility index (Phi) is 7.68. The lowest BCUT2D eigenvalue weighted by Crippen LogP contribution is -2.37. The van der Waals surface area contributed by atoms with E-state index < -0.39 is 11.0 Å². The summed E-state index contributed by atoms with van der Waals surface area (Å²) in [5, 5.41) is 37.7. The van der Waals surface area contributed by atoms with Crippen LogP contribution in [-0.2, 0) is 4.79 Å². The Morgan fingerprint density at radius 3 is 2.41 bits per heavy atom. The van der Waals surface area contributed by atoms with Gasteiger partial charge in [0.1, 0.15) is 5.69 Å². The van der Waals surface area contributed by atoms with Gasteiger partial charge in [-0.3, -0.25) is 14.9 Å². The topological polar surface area (TPSA) is 137 Å². The number of carbonyl (C=O) groups excluding carboxylic acids is 1. The predicted molar refractivity (Wildman–Crippen MR) is 102 cm³/mol. The fraction of sp³-hybridized carbons (Fsp3) is 0.278. The zero-order valence-corrected chi connectivity index (χ0v) is 14.6. The van der Waals surface area contributed by atoms with E-state index in [1.54, 1.807) is 18.2 Å². The molecule has 5 N–H and O–H groups in total. The van der Waals surface area contributed by atoms with Crippen LogP contribution >= 0.6 is 0 Å². The number of nitrogens with one attached hydrogen (secondary N) is 3. The molecule has 0 bridgehead atoms. The van der Waals surface area contributed by atoms with Gasteiger partial charge in [-0.05, 0) is 24.3 Å². The third-order valence-corrected chi connectivity index (χ3v) is 3.76. The summed E-state index contributed by atoms with van der Waals surface area (Å²) >= 11 is 0. The van der Waals surface area contributed by atoms with Gasteiger partial charge < -0.3 is 26.2 Å². The summed E-state index contributed by atoms with van der Waals surface area (Å²) in [5.74, 6) is -0.338. The van der Waals surface area contributed by atoms with Crippen LogP contribution in [0.25, 0.3) is 0 Å². The van der Waals surface area contributed by atoms with Gasteiger partial charge >= 0.3 is 0 Å². The van der Waals surface area contributed by atoms with Crippen molar-refractivity contribution >= 4 is 28.7 Å². The number of nitro benzene ring substituents is 1. The molecule has 2 aromatic carbocycles. The number of anilines is 3. The Bertz CT molecular complexity index is 766. The molecule has 0 aliphatic carbocycles. The van der Waals surface area contributed by atoms with Crippen molar-refractivity contribution in [1.82, 2.24) is 5.32 Å². The van der Waals surface area contributed by atoms with Crippen LogP contribution in [0.15, 0.2) is 48.5 Å². The molecule has 1 amide bonds. The zero-order valence-electron chi connectivity index (χ0n) is 14.6. The lowest BCUT2D eigenvalue weighted by Gasteiger charge is -2.13. The molecule has 9 heteroatoms. The second-order valence-electron chi connectivity index (χ2n) is 5.79. The van der Waals surface area contributed by atoms with E-state index in [1.165, 1.54) is 12.1 Å². The number of nitrogens with zero attached hydrogens (tertiary/aromatic N) is 1. The lowest BCUT2D eigenvalue weighted by atomic mass is 10.2. The number of hydrogen-bond donors (Lipinski definition) is 5. The minimum Gasteiger partial charge on any atom is -0.395 e. The first-order chi connectivity index (χ1) is 13.0. The molecule has 2 rings (SSSR count). The molecule has 0 saturated carbocycles. The van der Waals surface area contributed by atoms with Gasteiger partial charge in [0.15, 0.2) is 0 Å². The van der Waals surface area contributed by atoms with Crippen LogP contribution in [0.5, 0.6) is 0 Å². The van der Waals surface area contributed by atoms with Crippen molar-refractivity contribution < 1.29 is 19.9 Å². The molecule has 144 valence electrons. The van der Waals surface area contributed by atoms with Crippen LogP contribution in [0.4, 0.5) is 22.7 Å². The first-order valence-electron chi connectivity index (χ1n) is 8.39. The molecular weight excluding hydrogens is 352 g/mol. The highest BCUT2D eigenvalue weighted by atomic mass is 16.6. The maximum Gasteiger partial charge on any atom is 0.294 e. The van der Waals surface area contributed by atoms with E-state index in [0.29, 0.717) is 17.1 Å². The monoisotopic (exact) mass is 374 g/mol. The van der Waals surface area contributed by atoms with E-state index in [9.17, 15) is 14.9 Å². The molecule has 0 unspecified atom stereocenters. The Morgan fingerprint density at radius 1 is 1.07 bits per heavy atom. The maximum atomic E-state index is 12.0. The number of rotatable bonds is 10. The van der Waals surface area contributed by atoms with Crippen LogP contribution in [0.2, 0.25) is 0 Å². The van der Waals surface area contributed by atoms with Gasteiger partial charge in [0.25, 0.3) is 5.69 Å². The fourth-order valence-corrected chi connectivity index (χ4v) is 2.34. The van der Waals surface area contributed by atoms with E-state index in [4.69, 9.17) is 10.2 Å². The molecule has 27 heavy (non-hydrogen) atoms. The quantitative estimate of drug-likeness (QED) is 0.315. The van der Waals surface area contributed by atoms with Gasteiger partial charge in [-0.25, -0.2) is 0 Å². The normalized spacial score (nSPS) is 10.6. The van der Waals surface area contributed by atoms with E-state index in [1.807, 2.05) is 18.2 Å². The molecule has 0 heterocycles. The van der Waals surface area contributed by atoms with Gasteiger partial charge in [0, 0.05) is 30.4 Å². The van der Waals surface area contributed by atoms with Crippen LogP contribution < -0.4 is 16.0 Å². The Morgan fingerprint density at radius 2 is 1.78 bits per heavy atom. The molecule has 0 spiro atoms. The summed E-state index contributed by atoms with van der Waals surface area (Å²) in [6.07, 6.45) is 0.0916. The fourth-order valence-electron chi connectivity index (χ4n) is 2.34. The number of amides is 1. The minimum atomic E-state index is -0.518. The van der Waals surface area contributed by atoms with Crippen molar-refractivity contribution in [2.45, 2.75) is 12.5 Å². The number of carbonyl (C=O) groups is 1. The van der Waals surface area contributed by atoms with Gasteiger partial charge in [0.2, 0.25) is 5.91 Å². The van der Waals surface area contributed by atoms with Crippen molar-refractivity contribution in [3.8, 4) is 0 Å². The van der Waals surface area contributed by atoms with Crippen LogP contribution in [0.3, 0.4) is 0 Å². The molecule has 0 radical (unpaired) electrons. The van der Waals surface area contributed by atoms with Crippen molar-refractivity contribution in [2.75, 3.05) is 30.4 Å². The van der Waals surface area contributed by atoms with E-state index in [-0.39, 0.29) is 37.8 Å². The smallest absolute Gasteiger partial charge is 0.294 e. The maximum absolute atomic E-state index is 12.0. The highest BCUT2D eigenvalue weighted by Crippen LogP contribution is 2.30. The summed E-state index contributed by atoms with van der Waals surface area (Å²) in [6, 6.07) is 13.0. The second kappa shape index (κ2) is 10.2. The Hall–Kier alpha value is -3.01. The van der Waals surface area contributed by atoms with Crippen LogP contribution in [0, 0.1) is 10.1 Å². The van der Waals surface area contributed by atoms with E-state index in [2.05, 4.69) is 16.0 Å². The number of hydrogen-bond acceptors (Lipinski definition) is 7. The van der Waals surface area contributed by atoms with Crippen molar-refractivity contribution in [3.05, 3.63) is 58.6 Å². The lowest BCUT2D eigenvalue weighted by molar-refractivity contribution is -0.383. The van der Waals surface area contributed by atoms with Crippen molar-refractivity contribution in [2.24, 2.45) is 0 Å². The van der Waals surface area contributed by atoms with E-state index in [0.717, 1.165) is 0 Å². The van der Waals surface area contributed by atoms with Gasteiger partial charge in [-0.15, -0.1) is 0 Å². The summed E-state index contributed by atoms with van der Waals surface area (Å²) in [7, 11) is 0. The molecule has 9 nitrogen and oxygen atoms in total. The van der Waals surface area contributed by atoms with Gasteiger partial charge in [0.05, 0.1) is 24.2 Å². The molecule has 2 aromatic rings. The first kappa shape index (κ1) is 20.3. The Labute approximate surface area is 156 Å². The van der Waals surface area contributed by atoms with Gasteiger partial charge in [-0.2, -0.15) is 0 Å². The number of aliphatic hydroxyl groups is 2. The summed E-state index contributed by atoms with van der Waals surface area (Å²) in [4.78, 5) is 22.8. The van der Waals surface area contributed by atoms with Crippen molar-refractivity contribution in [3.63, 3.8) is 0 Å². The van der Waals surface area contributed by atoms with Gasteiger partial charge in [-0.1, -0.05) is 18.2 Å². The summed E-state index contributed by atoms with van der Waals surface area (Å²) in [5.41, 5.74) is 1.19. The number of nitro groups is 1. The third-order valence-electron chi connectivity index (χ3n) is 3.76. The number of benzene rings is 2. The second-order valence-corrected chi connectivity index (χ2v) is 5.79. The third kappa shape index (κ3) is 6.33. The highest BCUT2D eigenvalue weighted by molar-refractivity contribution is 5.92. The number of para-hydroxylation sites is 1.